The average molecular weight is 310 g/mol. The number of fused-ring (bicyclic) bond motifs is 1. The van der Waals surface area contributed by atoms with Crippen LogP contribution in [0.15, 0.2) is 48.5 Å². The Morgan fingerprint density at radius 3 is 2.61 bits per heavy atom. The van der Waals surface area contributed by atoms with Crippen molar-refractivity contribution in [3.63, 3.8) is 0 Å². The van der Waals surface area contributed by atoms with Crippen molar-refractivity contribution in [2.75, 3.05) is 12.8 Å². The number of para-hydroxylation sites is 1. The second-order valence-corrected chi connectivity index (χ2v) is 5.20. The van der Waals surface area contributed by atoms with E-state index in [9.17, 15) is 9.18 Å². The molecule has 0 radical (unpaired) electrons. The normalized spacial score (nSPS) is 10.7. The number of hydrogen-bond acceptors (Lipinski definition) is 4. The molecule has 1 heterocycles. The summed E-state index contributed by atoms with van der Waals surface area (Å²) >= 11 is 0. The van der Waals surface area contributed by atoms with Gasteiger partial charge in [-0.3, -0.25) is 4.79 Å². The van der Waals surface area contributed by atoms with Gasteiger partial charge in [0.15, 0.2) is 0 Å². The van der Waals surface area contributed by atoms with Gasteiger partial charge in [-0.15, -0.1) is 0 Å². The van der Waals surface area contributed by atoms with E-state index in [1.807, 2.05) is 6.07 Å². The third kappa shape index (κ3) is 2.96. The van der Waals surface area contributed by atoms with Crippen LogP contribution in [0.1, 0.15) is 16.1 Å². The van der Waals surface area contributed by atoms with Crippen molar-refractivity contribution in [2.24, 2.45) is 0 Å². The quantitative estimate of drug-likeness (QED) is 0.807. The molecular formula is C17H15FN4O. The van der Waals surface area contributed by atoms with Gasteiger partial charge >= 0.3 is 0 Å². The van der Waals surface area contributed by atoms with Gasteiger partial charge in [-0.1, -0.05) is 36.4 Å². The lowest BCUT2D eigenvalue weighted by Gasteiger charge is -2.18. The van der Waals surface area contributed by atoms with E-state index in [0.717, 1.165) is 0 Å². The van der Waals surface area contributed by atoms with Crippen LogP contribution >= 0.6 is 0 Å². The Morgan fingerprint density at radius 2 is 1.83 bits per heavy atom. The number of nitrogens with two attached hydrogens (primary N) is 1. The molecule has 23 heavy (non-hydrogen) atoms. The highest BCUT2D eigenvalue weighted by Crippen LogP contribution is 2.19. The number of benzene rings is 2. The SMILES string of the molecule is CN(Cc1ccccc1F)C(=O)c1nc(N)nc2ccccc12. The highest BCUT2D eigenvalue weighted by molar-refractivity contribution is 6.04. The van der Waals surface area contributed by atoms with Crippen LogP contribution in [-0.4, -0.2) is 27.8 Å². The van der Waals surface area contributed by atoms with E-state index in [0.29, 0.717) is 16.5 Å². The number of anilines is 1. The largest absolute Gasteiger partial charge is 0.368 e. The van der Waals surface area contributed by atoms with Crippen molar-refractivity contribution >= 4 is 22.8 Å². The Kier molecular flexibility index (Phi) is 3.89. The summed E-state index contributed by atoms with van der Waals surface area (Å²) in [6.45, 7) is 0.143. The van der Waals surface area contributed by atoms with E-state index in [1.54, 1.807) is 43.4 Å². The molecule has 0 aliphatic carbocycles. The minimum Gasteiger partial charge on any atom is -0.368 e. The van der Waals surface area contributed by atoms with Crippen LogP contribution in [0.2, 0.25) is 0 Å². The number of carbonyl (C=O) groups is 1. The monoisotopic (exact) mass is 310 g/mol. The standard InChI is InChI=1S/C17H15FN4O/c1-22(10-11-6-2-4-8-13(11)18)16(23)15-12-7-3-5-9-14(12)20-17(19)21-15/h2-9H,10H2,1H3,(H2,19,20,21). The summed E-state index contributed by atoms with van der Waals surface area (Å²) < 4.78 is 13.7. The summed E-state index contributed by atoms with van der Waals surface area (Å²) in [5, 5.41) is 0.618. The highest BCUT2D eigenvalue weighted by Gasteiger charge is 2.19. The summed E-state index contributed by atoms with van der Waals surface area (Å²) in [6.07, 6.45) is 0. The lowest BCUT2D eigenvalue weighted by molar-refractivity contribution is 0.0780. The van der Waals surface area contributed by atoms with Gasteiger partial charge in [0, 0.05) is 24.5 Å². The lowest BCUT2D eigenvalue weighted by Crippen LogP contribution is -2.28. The fraction of sp³-hybridized carbons (Fsp3) is 0.118. The number of aromatic nitrogens is 2. The van der Waals surface area contributed by atoms with Gasteiger partial charge in [0.05, 0.1) is 5.52 Å². The fourth-order valence-corrected chi connectivity index (χ4v) is 2.39. The third-order valence-electron chi connectivity index (χ3n) is 3.54. The summed E-state index contributed by atoms with van der Waals surface area (Å²) in [7, 11) is 1.60. The van der Waals surface area contributed by atoms with Crippen LogP contribution in [0.4, 0.5) is 10.3 Å². The highest BCUT2D eigenvalue weighted by atomic mass is 19.1. The molecule has 3 rings (SSSR count). The number of halogens is 1. The molecule has 2 N–H and O–H groups in total. The van der Waals surface area contributed by atoms with Crippen molar-refractivity contribution in [2.45, 2.75) is 6.54 Å². The smallest absolute Gasteiger partial charge is 0.273 e. The van der Waals surface area contributed by atoms with Gasteiger partial charge in [-0.25, -0.2) is 14.4 Å². The number of nitrogens with zero attached hydrogens (tertiary/aromatic N) is 3. The van der Waals surface area contributed by atoms with E-state index >= 15 is 0 Å². The Morgan fingerprint density at radius 1 is 1.13 bits per heavy atom. The van der Waals surface area contributed by atoms with Crippen LogP contribution in [-0.2, 0) is 6.54 Å². The van der Waals surface area contributed by atoms with Gasteiger partial charge in [0.25, 0.3) is 5.91 Å². The zero-order chi connectivity index (χ0) is 16.4. The second-order valence-electron chi connectivity index (χ2n) is 5.20. The van der Waals surface area contributed by atoms with Crippen LogP contribution in [0.5, 0.6) is 0 Å². The van der Waals surface area contributed by atoms with Crippen LogP contribution in [0, 0.1) is 5.82 Å². The zero-order valence-corrected chi connectivity index (χ0v) is 12.5. The number of rotatable bonds is 3. The van der Waals surface area contributed by atoms with Crippen molar-refractivity contribution < 1.29 is 9.18 Å². The molecular weight excluding hydrogens is 295 g/mol. The summed E-state index contributed by atoms with van der Waals surface area (Å²) in [5.41, 5.74) is 6.94. The first-order chi connectivity index (χ1) is 11.1. The molecule has 2 aromatic carbocycles. The van der Waals surface area contributed by atoms with Gasteiger partial charge < -0.3 is 10.6 Å². The Bertz CT molecular complexity index is 881. The van der Waals surface area contributed by atoms with E-state index in [1.165, 1.54) is 11.0 Å². The van der Waals surface area contributed by atoms with Crippen LogP contribution < -0.4 is 5.73 Å². The minimum absolute atomic E-state index is 0.0336. The van der Waals surface area contributed by atoms with E-state index in [4.69, 9.17) is 5.73 Å². The topological polar surface area (TPSA) is 72.1 Å². The van der Waals surface area contributed by atoms with Gasteiger partial charge in [-0.05, 0) is 12.1 Å². The number of hydrogen-bond donors (Lipinski definition) is 1. The zero-order valence-electron chi connectivity index (χ0n) is 12.5. The molecule has 0 saturated carbocycles. The van der Waals surface area contributed by atoms with E-state index in [-0.39, 0.29) is 29.9 Å². The Balaban J connectivity index is 1.95. The Labute approximate surface area is 132 Å². The van der Waals surface area contributed by atoms with Crippen LogP contribution in [0.25, 0.3) is 10.9 Å². The maximum Gasteiger partial charge on any atom is 0.273 e. The van der Waals surface area contributed by atoms with E-state index < -0.39 is 0 Å². The van der Waals surface area contributed by atoms with Crippen molar-refractivity contribution in [3.8, 4) is 0 Å². The molecule has 0 fully saturated rings. The Hall–Kier alpha value is -3.02. The summed E-state index contributed by atoms with van der Waals surface area (Å²) in [4.78, 5) is 22.3. The van der Waals surface area contributed by atoms with Gasteiger partial charge in [0.1, 0.15) is 11.5 Å². The maximum atomic E-state index is 13.7. The minimum atomic E-state index is -0.348. The van der Waals surface area contributed by atoms with E-state index in [2.05, 4.69) is 9.97 Å². The molecule has 5 nitrogen and oxygen atoms in total. The molecule has 1 aromatic heterocycles. The fourth-order valence-electron chi connectivity index (χ4n) is 2.39. The first-order valence-electron chi connectivity index (χ1n) is 7.07. The number of amides is 1. The lowest BCUT2D eigenvalue weighted by atomic mass is 10.1. The molecule has 116 valence electrons. The molecule has 0 atom stereocenters. The molecule has 0 spiro atoms. The molecule has 3 aromatic rings. The molecule has 0 saturated heterocycles. The maximum absolute atomic E-state index is 13.7. The number of nitrogen functional groups attached to an aromatic ring is 1. The summed E-state index contributed by atoms with van der Waals surface area (Å²) in [6, 6.07) is 13.5. The second kappa shape index (κ2) is 6.00. The predicted octanol–water partition coefficient (Wildman–Crippen LogP) is 2.62. The molecule has 0 aliphatic heterocycles. The molecule has 0 unspecified atom stereocenters. The average Bonchev–Trinajstić information content (AvgIpc) is 2.55. The molecule has 1 amide bonds. The van der Waals surface area contributed by atoms with Gasteiger partial charge in [-0.2, -0.15) is 0 Å². The molecule has 0 aliphatic rings. The van der Waals surface area contributed by atoms with Gasteiger partial charge in [0.2, 0.25) is 5.95 Å². The van der Waals surface area contributed by atoms with Crippen molar-refractivity contribution in [1.82, 2.24) is 14.9 Å². The van der Waals surface area contributed by atoms with Crippen molar-refractivity contribution in [3.05, 3.63) is 65.6 Å². The third-order valence-corrected chi connectivity index (χ3v) is 3.54. The number of carbonyl (C=O) groups excluding carboxylic acids is 1. The summed E-state index contributed by atoms with van der Waals surface area (Å²) in [5.74, 6) is -0.649. The van der Waals surface area contributed by atoms with Crippen molar-refractivity contribution in [1.29, 1.82) is 0 Å². The first-order valence-corrected chi connectivity index (χ1v) is 7.07. The molecule has 6 heteroatoms. The predicted molar refractivity (Wildman–Crippen MR) is 86.1 cm³/mol. The van der Waals surface area contributed by atoms with Crippen LogP contribution in [0.3, 0.4) is 0 Å². The first kappa shape index (κ1) is 14.9. The molecule has 0 bridgehead atoms.